The summed E-state index contributed by atoms with van der Waals surface area (Å²) in [5, 5.41) is 11.6. The molecule has 1 heterocycles. The summed E-state index contributed by atoms with van der Waals surface area (Å²) in [7, 11) is 0. The van der Waals surface area contributed by atoms with Crippen molar-refractivity contribution in [3.63, 3.8) is 0 Å². The fraction of sp³-hybridized carbons (Fsp3) is 0.333. The number of nitrogens with zero attached hydrogens (tertiary/aromatic N) is 1. The second kappa shape index (κ2) is 6.03. The Morgan fingerprint density at radius 1 is 1.47 bits per heavy atom. The van der Waals surface area contributed by atoms with Crippen molar-refractivity contribution in [2.45, 2.75) is 6.10 Å². The predicted molar refractivity (Wildman–Crippen MR) is 72.1 cm³/mol. The number of nitrogens with one attached hydrogen (secondary N) is 1. The van der Waals surface area contributed by atoms with Gasteiger partial charge in [-0.2, -0.15) is 0 Å². The number of urea groups is 1. The Morgan fingerprint density at radius 3 is 2.95 bits per heavy atom. The summed E-state index contributed by atoms with van der Waals surface area (Å²) in [5.41, 5.74) is 0.651. The molecule has 2 N–H and O–H groups in total. The van der Waals surface area contributed by atoms with Crippen molar-refractivity contribution in [2.75, 3.05) is 25.0 Å². The van der Waals surface area contributed by atoms with Crippen molar-refractivity contribution in [2.24, 2.45) is 0 Å². The second-order valence-electron chi connectivity index (χ2n) is 4.08. The number of carbonyl (C=O) groups is 2. The van der Waals surface area contributed by atoms with Crippen LogP contribution in [0.4, 0.5) is 10.5 Å². The van der Waals surface area contributed by atoms with E-state index in [1.165, 1.54) is 4.90 Å². The number of carbonyl (C=O) groups excluding carboxylic acids is 1. The summed E-state index contributed by atoms with van der Waals surface area (Å²) in [6.45, 7) is 0.654. The minimum absolute atomic E-state index is 0.0508. The SMILES string of the molecule is O=C(O)C1CN(C(=O)Nc2cccc(Br)c2)CCO1. The number of ether oxygens (including phenoxy) is 1. The highest BCUT2D eigenvalue weighted by Crippen LogP contribution is 2.16. The molecule has 1 aliphatic rings. The van der Waals surface area contributed by atoms with Crippen molar-refractivity contribution in [3.05, 3.63) is 28.7 Å². The first-order valence-electron chi connectivity index (χ1n) is 5.72. The van der Waals surface area contributed by atoms with E-state index in [9.17, 15) is 9.59 Å². The number of halogens is 1. The Hall–Kier alpha value is -1.60. The van der Waals surface area contributed by atoms with Gasteiger partial charge in [-0.15, -0.1) is 0 Å². The number of rotatable bonds is 2. The first kappa shape index (κ1) is 13.8. The molecule has 0 saturated carbocycles. The number of aliphatic carboxylic acids is 1. The van der Waals surface area contributed by atoms with E-state index in [2.05, 4.69) is 21.2 Å². The van der Waals surface area contributed by atoms with Crippen LogP contribution in [-0.4, -0.2) is 47.8 Å². The molecule has 102 valence electrons. The van der Waals surface area contributed by atoms with Crippen LogP contribution in [-0.2, 0) is 9.53 Å². The maximum atomic E-state index is 12.0. The van der Waals surface area contributed by atoms with Gasteiger partial charge in [0.1, 0.15) is 0 Å². The van der Waals surface area contributed by atoms with E-state index in [4.69, 9.17) is 9.84 Å². The van der Waals surface area contributed by atoms with Gasteiger partial charge in [0, 0.05) is 16.7 Å². The van der Waals surface area contributed by atoms with Crippen molar-refractivity contribution in [3.8, 4) is 0 Å². The number of amides is 2. The molecule has 0 radical (unpaired) electrons. The van der Waals surface area contributed by atoms with Gasteiger partial charge >= 0.3 is 12.0 Å². The van der Waals surface area contributed by atoms with E-state index in [-0.39, 0.29) is 19.2 Å². The van der Waals surface area contributed by atoms with Gasteiger partial charge in [-0.05, 0) is 18.2 Å². The molecule has 1 fully saturated rings. The van der Waals surface area contributed by atoms with Gasteiger partial charge in [-0.3, -0.25) is 0 Å². The van der Waals surface area contributed by atoms with Crippen molar-refractivity contribution < 1.29 is 19.4 Å². The summed E-state index contributed by atoms with van der Waals surface area (Å²) >= 11 is 3.31. The molecular formula is C12H13BrN2O4. The van der Waals surface area contributed by atoms with Crippen molar-refractivity contribution >= 4 is 33.6 Å². The van der Waals surface area contributed by atoms with Gasteiger partial charge in [-0.1, -0.05) is 22.0 Å². The second-order valence-corrected chi connectivity index (χ2v) is 5.00. The van der Waals surface area contributed by atoms with Crippen LogP contribution in [0, 0.1) is 0 Å². The Kier molecular flexibility index (Phi) is 4.39. The fourth-order valence-corrected chi connectivity index (χ4v) is 2.15. The topological polar surface area (TPSA) is 78.9 Å². The lowest BCUT2D eigenvalue weighted by Crippen LogP contribution is -2.49. The Bertz CT molecular complexity index is 494. The molecule has 2 amide bonds. The molecule has 7 heteroatoms. The molecule has 1 atom stereocenters. The summed E-state index contributed by atoms with van der Waals surface area (Å²) in [6, 6.07) is 6.86. The van der Waals surface area contributed by atoms with Crippen LogP contribution in [0.1, 0.15) is 0 Å². The van der Waals surface area contributed by atoms with Crippen LogP contribution in [0.2, 0.25) is 0 Å². The van der Waals surface area contributed by atoms with Crippen molar-refractivity contribution in [1.29, 1.82) is 0 Å². The zero-order valence-corrected chi connectivity index (χ0v) is 11.6. The number of carboxylic acid groups (broad SMARTS) is 1. The summed E-state index contributed by atoms with van der Waals surface area (Å²) in [6.07, 6.45) is -0.956. The highest BCUT2D eigenvalue weighted by atomic mass is 79.9. The number of carboxylic acids is 1. The molecule has 1 unspecified atom stereocenters. The van der Waals surface area contributed by atoms with Crippen LogP contribution in [0.3, 0.4) is 0 Å². The average molecular weight is 329 g/mol. The van der Waals surface area contributed by atoms with Crippen LogP contribution in [0.25, 0.3) is 0 Å². The van der Waals surface area contributed by atoms with E-state index in [1.54, 1.807) is 18.2 Å². The molecule has 6 nitrogen and oxygen atoms in total. The standard InChI is InChI=1S/C12H13BrN2O4/c13-8-2-1-3-9(6-8)14-12(18)15-4-5-19-10(7-15)11(16)17/h1-3,6,10H,4-5,7H2,(H,14,18)(H,16,17). The molecule has 0 spiro atoms. The number of morpholine rings is 1. The third-order valence-corrected chi connectivity index (χ3v) is 3.20. The van der Waals surface area contributed by atoms with Gasteiger partial charge in [0.2, 0.25) is 0 Å². The summed E-state index contributed by atoms with van der Waals surface area (Å²) in [4.78, 5) is 24.3. The van der Waals surface area contributed by atoms with Gasteiger partial charge in [-0.25, -0.2) is 9.59 Å². The molecular weight excluding hydrogens is 316 g/mol. The molecule has 0 aromatic heterocycles. The van der Waals surface area contributed by atoms with Gasteiger partial charge in [0.15, 0.2) is 6.10 Å². The zero-order chi connectivity index (χ0) is 13.8. The smallest absolute Gasteiger partial charge is 0.334 e. The lowest BCUT2D eigenvalue weighted by molar-refractivity contribution is -0.154. The lowest BCUT2D eigenvalue weighted by Gasteiger charge is -2.30. The minimum atomic E-state index is -1.06. The van der Waals surface area contributed by atoms with E-state index in [1.807, 2.05) is 6.07 Å². The monoisotopic (exact) mass is 328 g/mol. The van der Waals surface area contributed by atoms with E-state index in [0.29, 0.717) is 12.2 Å². The van der Waals surface area contributed by atoms with Crippen LogP contribution in [0.15, 0.2) is 28.7 Å². The highest BCUT2D eigenvalue weighted by molar-refractivity contribution is 9.10. The molecule has 0 aliphatic carbocycles. The van der Waals surface area contributed by atoms with E-state index in [0.717, 1.165) is 4.47 Å². The first-order chi connectivity index (χ1) is 9.06. The predicted octanol–water partition coefficient (Wildman–Crippen LogP) is 1.77. The molecule has 1 aromatic carbocycles. The lowest BCUT2D eigenvalue weighted by atomic mass is 10.3. The van der Waals surface area contributed by atoms with E-state index >= 15 is 0 Å². The summed E-state index contributed by atoms with van der Waals surface area (Å²) in [5.74, 6) is -1.06. The third kappa shape index (κ3) is 3.68. The third-order valence-electron chi connectivity index (χ3n) is 2.70. The maximum Gasteiger partial charge on any atom is 0.334 e. The molecule has 1 aliphatic heterocycles. The number of benzene rings is 1. The summed E-state index contributed by atoms with van der Waals surface area (Å²) < 4.78 is 5.92. The molecule has 0 bridgehead atoms. The fourth-order valence-electron chi connectivity index (χ4n) is 1.75. The number of hydrogen-bond acceptors (Lipinski definition) is 3. The molecule has 1 aromatic rings. The first-order valence-corrected chi connectivity index (χ1v) is 6.51. The van der Waals surface area contributed by atoms with Crippen LogP contribution in [0.5, 0.6) is 0 Å². The Morgan fingerprint density at radius 2 is 2.26 bits per heavy atom. The molecule has 1 saturated heterocycles. The largest absolute Gasteiger partial charge is 0.479 e. The highest BCUT2D eigenvalue weighted by Gasteiger charge is 2.28. The van der Waals surface area contributed by atoms with Gasteiger partial charge in [0.25, 0.3) is 0 Å². The van der Waals surface area contributed by atoms with E-state index < -0.39 is 12.1 Å². The van der Waals surface area contributed by atoms with Crippen molar-refractivity contribution in [1.82, 2.24) is 4.90 Å². The average Bonchev–Trinajstić information content (AvgIpc) is 2.39. The quantitative estimate of drug-likeness (QED) is 0.867. The van der Waals surface area contributed by atoms with Gasteiger partial charge in [0.05, 0.1) is 13.2 Å². The molecule has 19 heavy (non-hydrogen) atoms. The zero-order valence-electron chi connectivity index (χ0n) is 10.0. The Labute approximate surface area is 118 Å². The number of anilines is 1. The van der Waals surface area contributed by atoms with Crippen LogP contribution < -0.4 is 5.32 Å². The Balaban J connectivity index is 1.98. The normalized spacial score (nSPS) is 19.0. The van der Waals surface area contributed by atoms with Crippen LogP contribution >= 0.6 is 15.9 Å². The van der Waals surface area contributed by atoms with Gasteiger partial charge < -0.3 is 20.1 Å². The minimum Gasteiger partial charge on any atom is -0.479 e. The maximum absolute atomic E-state index is 12.0. The number of hydrogen-bond donors (Lipinski definition) is 2. The molecule has 2 rings (SSSR count).